The van der Waals surface area contributed by atoms with E-state index in [1.165, 1.54) is 0 Å². The molecule has 0 amide bonds. The zero-order valence-electron chi connectivity index (χ0n) is 8.95. The average molecular weight is 357 g/mol. The Kier molecular flexibility index (Phi) is 3.77. The number of nitriles is 1. The van der Waals surface area contributed by atoms with Crippen LogP contribution in [0, 0.1) is 26.5 Å². The van der Waals surface area contributed by atoms with E-state index < -0.39 is 17.4 Å². The Hall–Kier alpha value is -1.68. The van der Waals surface area contributed by atoms with Gasteiger partial charge in [-0.2, -0.15) is 5.26 Å². The van der Waals surface area contributed by atoms with E-state index in [9.17, 15) is 8.78 Å². The Morgan fingerprint density at radius 3 is 2.11 bits per heavy atom. The normalized spacial score (nSPS) is 9.89. The minimum Gasteiger partial charge on any atom is -0.451 e. The molecule has 0 aliphatic rings. The number of hydrogen-bond acceptors (Lipinski definition) is 2. The first-order chi connectivity index (χ1) is 8.60. The standard InChI is InChI=1S/C13H6F2INO/c14-11-5-8(7-17)6-12(15)13(11)18-10-3-1-9(16)2-4-10/h1-6H. The molecule has 2 rings (SSSR count). The predicted molar refractivity (Wildman–Crippen MR) is 70.3 cm³/mol. The van der Waals surface area contributed by atoms with Gasteiger partial charge in [-0.1, -0.05) is 0 Å². The van der Waals surface area contributed by atoms with Crippen LogP contribution in [-0.4, -0.2) is 0 Å². The highest BCUT2D eigenvalue weighted by atomic mass is 127. The van der Waals surface area contributed by atoms with Crippen LogP contribution in [0.5, 0.6) is 11.5 Å². The lowest BCUT2D eigenvalue weighted by Gasteiger charge is -2.08. The van der Waals surface area contributed by atoms with Crippen LogP contribution in [0.25, 0.3) is 0 Å². The second kappa shape index (κ2) is 5.31. The number of benzene rings is 2. The van der Waals surface area contributed by atoms with E-state index in [1.807, 2.05) is 0 Å². The highest BCUT2D eigenvalue weighted by Crippen LogP contribution is 2.28. The summed E-state index contributed by atoms with van der Waals surface area (Å²) in [5.74, 6) is -1.97. The molecule has 0 fully saturated rings. The monoisotopic (exact) mass is 357 g/mol. The van der Waals surface area contributed by atoms with Crippen molar-refractivity contribution in [2.45, 2.75) is 0 Å². The van der Waals surface area contributed by atoms with Crippen LogP contribution >= 0.6 is 22.6 Å². The molecule has 2 nitrogen and oxygen atoms in total. The summed E-state index contributed by atoms with van der Waals surface area (Å²) in [4.78, 5) is 0. The van der Waals surface area contributed by atoms with Crippen molar-refractivity contribution in [2.24, 2.45) is 0 Å². The van der Waals surface area contributed by atoms with Gasteiger partial charge in [0.15, 0.2) is 17.4 Å². The molecule has 0 aromatic heterocycles. The van der Waals surface area contributed by atoms with Gasteiger partial charge in [0.05, 0.1) is 11.6 Å². The second-order valence-electron chi connectivity index (χ2n) is 3.44. The average Bonchev–Trinajstić information content (AvgIpc) is 2.35. The first kappa shape index (κ1) is 12.8. The number of halogens is 3. The highest BCUT2D eigenvalue weighted by Gasteiger charge is 2.13. The minimum atomic E-state index is -0.898. The van der Waals surface area contributed by atoms with E-state index in [2.05, 4.69) is 22.6 Å². The van der Waals surface area contributed by atoms with Crippen LogP contribution in [0.3, 0.4) is 0 Å². The third-order valence-corrected chi connectivity index (χ3v) is 2.88. The Labute approximate surface area is 116 Å². The molecule has 0 saturated carbocycles. The molecule has 0 unspecified atom stereocenters. The third kappa shape index (κ3) is 2.76. The van der Waals surface area contributed by atoms with Crippen molar-refractivity contribution < 1.29 is 13.5 Å². The fourth-order valence-electron chi connectivity index (χ4n) is 1.34. The van der Waals surface area contributed by atoms with Gasteiger partial charge in [0.1, 0.15) is 5.75 Å². The lowest BCUT2D eigenvalue weighted by atomic mass is 10.2. The van der Waals surface area contributed by atoms with Gasteiger partial charge in [0.2, 0.25) is 0 Å². The fourth-order valence-corrected chi connectivity index (χ4v) is 1.70. The van der Waals surface area contributed by atoms with E-state index in [0.717, 1.165) is 15.7 Å². The maximum atomic E-state index is 13.5. The lowest BCUT2D eigenvalue weighted by Crippen LogP contribution is -1.94. The summed E-state index contributed by atoms with van der Waals surface area (Å²) in [7, 11) is 0. The van der Waals surface area contributed by atoms with Crippen LogP contribution in [0.15, 0.2) is 36.4 Å². The van der Waals surface area contributed by atoms with Crippen LogP contribution in [0.4, 0.5) is 8.78 Å². The minimum absolute atomic E-state index is 0.0834. The predicted octanol–water partition coefficient (Wildman–Crippen LogP) is 4.23. The van der Waals surface area contributed by atoms with Gasteiger partial charge < -0.3 is 4.74 Å². The number of nitrogens with zero attached hydrogens (tertiary/aromatic N) is 1. The van der Waals surface area contributed by atoms with Gasteiger partial charge in [0.25, 0.3) is 0 Å². The Morgan fingerprint density at radius 2 is 1.61 bits per heavy atom. The van der Waals surface area contributed by atoms with Gasteiger partial charge in [0, 0.05) is 3.57 Å². The molecule has 0 N–H and O–H groups in total. The van der Waals surface area contributed by atoms with E-state index in [4.69, 9.17) is 10.00 Å². The summed E-state index contributed by atoms with van der Waals surface area (Å²) < 4.78 is 33.2. The van der Waals surface area contributed by atoms with E-state index in [-0.39, 0.29) is 5.56 Å². The maximum Gasteiger partial charge on any atom is 0.198 e. The van der Waals surface area contributed by atoms with Crippen molar-refractivity contribution in [3.63, 3.8) is 0 Å². The summed E-state index contributed by atoms with van der Waals surface area (Å²) >= 11 is 2.11. The van der Waals surface area contributed by atoms with Crippen molar-refractivity contribution in [3.05, 3.63) is 57.2 Å². The zero-order valence-corrected chi connectivity index (χ0v) is 11.1. The Balaban J connectivity index is 2.35. The fraction of sp³-hybridized carbons (Fsp3) is 0. The molecule has 0 atom stereocenters. The Morgan fingerprint density at radius 1 is 1.06 bits per heavy atom. The molecule has 2 aromatic carbocycles. The smallest absolute Gasteiger partial charge is 0.198 e. The van der Waals surface area contributed by atoms with E-state index in [0.29, 0.717) is 5.75 Å². The van der Waals surface area contributed by atoms with Gasteiger partial charge in [-0.15, -0.1) is 0 Å². The van der Waals surface area contributed by atoms with Crippen molar-refractivity contribution >= 4 is 22.6 Å². The number of rotatable bonds is 2. The second-order valence-corrected chi connectivity index (χ2v) is 4.68. The zero-order chi connectivity index (χ0) is 13.1. The van der Waals surface area contributed by atoms with Crippen molar-refractivity contribution in [3.8, 4) is 17.6 Å². The molecule has 0 saturated heterocycles. The summed E-state index contributed by atoms with van der Waals surface area (Å²) in [6, 6.07) is 10.3. The highest BCUT2D eigenvalue weighted by molar-refractivity contribution is 14.1. The van der Waals surface area contributed by atoms with Crippen LogP contribution < -0.4 is 4.74 Å². The van der Waals surface area contributed by atoms with Crippen molar-refractivity contribution in [1.82, 2.24) is 0 Å². The van der Waals surface area contributed by atoms with Crippen LogP contribution in [-0.2, 0) is 0 Å². The van der Waals surface area contributed by atoms with Gasteiger partial charge >= 0.3 is 0 Å². The topological polar surface area (TPSA) is 33.0 Å². The number of hydrogen-bond donors (Lipinski definition) is 0. The van der Waals surface area contributed by atoms with Crippen molar-refractivity contribution in [1.29, 1.82) is 5.26 Å². The Bertz CT molecular complexity index is 597. The first-order valence-electron chi connectivity index (χ1n) is 4.92. The van der Waals surface area contributed by atoms with E-state index >= 15 is 0 Å². The third-order valence-electron chi connectivity index (χ3n) is 2.16. The molecule has 0 heterocycles. The lowest BCUT2D eigenvalue weighted by molar-refractivity contribution is 0.407. The maximum absolute atomic E-state index is 13.5. The molecule has 18 heavy (non-hydrogen) atoms. The molecule has 0 spiro atoms. The van der Waals surface area contributed by atoms with Crippen LogP contribution in [0.2, 0.25) is 0 Å². The molecule has 90 valence electrons. The summed E-state index contributed by atoms with van der Waals surface area (Å²) in [5, 5.41) is 8.57. The SMILES string of the molecule is N#Cc1cc(F)c(Oc2ccc(I)cc2)c(F)c1. The molecule has 5 heteroatoms. The molecular weight excluding hydrogens is 351 g/mol. The van der Waals surface area contributed by atoms with Crippen LogP contribution in [0.1, 0.15) is 5.56 Å². The first-order valence-corrected chi connectivity index (χ1v) is 6.00. The van der Waals surface area contributed by atoms with Crippen molar-refractivity contribution in [2.75, 3.05) is 0 Å². The molecule has 0 aliphatic heterocycles. The van der Waals surface area contributed by atoms with Gasteiger partial charge in [-0.3, -0.25) is 0 Å². The van der Waals surface area contributed by atoms with Gasteiger partial charge in [-0.25, -0.2) is 8.78 Å². The number of ether oxygens (including phenoxy) is 1. The largest absolute Gasteiger partial charge is 0.451 e. The molecule has 0 radical (unpaired) electrons. The quantitative estimate of drug-likeness (QED) is 0.754. The summed E-state index contributed by atoms with van der Waals surface area (Å²) in [5.41, 5.74) is -0.0834. The molecular formula is C13H6F2INO. The van der Waals surface area contributed by atoms with E-state index in [1.54, 1.807) is 30.3 Å². The molecule has 2 aromatic rings. The van der Waals surface area contributed by atoms with Gasteiger partial charge in [-0.05, 0) is 59.0 Å². The summed E-state index contributed by atoms with van der Waals surface area (Å²) in [6.45, 7) is 0. The molecule has 0 bridgehead atoms. The summed E-state index contributed by atoms with van der Waals surface area (Å²) in [6.07, 6.45) is 0. The molecule has 0 aliphatic carbocycles.